The number of allylic oxidation sites excluding steroid dienone is 4. The van der Waals surface area contributed by atoms with Gasteiger partial charge in [0.15, 0.2) is 5.78 Å². The Morgan fingerprint density at radius 3 is 2.45 bits per heavy atom. The smallest absolute Gasteiger partial charge is 0.173 e. The van der Waals surface area contributed by atoms with Gasteiger partial charge in [-0.15, -0.1) is 0 Å². The van der Waals surface area contributed by atoms with Crippen molar-refractivity contribution in [1.29, 1.82) is 0 Å². The van der Waals surface area contributed by atoms with Crippen LogP contribution in [0.15, 0.2) is 82.4 Å². The Balaban J connectivity index is 1.49. The number of Topliss-reactive ketones (excluding diaryl/α,β-unsaturated/α-hetero) is 1. The minimum Gasteiger partial charge on any atom is -0.372 e. The lowest BCUT2D eigenvalue weighted by atomic mass is 9.77. The molecule has 1 aliphatic carbocycles. The third-order valence-electron chi connectivity index (χ3n) is 8.16. The summed E-state index contributed by atoms with van der Waals surface area (Å²) in [5, 5.41) is 5.64. The number of carbonyl (C=O) groups is 1. The maximum Gasteiger partial charge on any atom is 0.173 e. The number of ketones is 1. The molecule has 2 unspecified atom stereocenters. The lowest BCUT2D eigenvalue weighted by Gasteiger charge is -2.26. The SMILES string of the molecule is Cc1ncc(C23C=CC(=N2)C=c2ccc([nH]2)=CC2=NC(=CC4(CC5CC5)NC(=C3)C(C)(C)C4=O)C=C2)cn1. The number of aryl methyl sites for hydroxylation is 1. The molecule has 2 aromatic rings. The number of H-pyrrole nitrogens is 1. The third-order valence-corrected chi connectivity index (χ3v) is 8.16. The zero-order valence-corrected chi connectivity index (χ0v) is 21.8. The number of nitrogens with one attached hydrogen (secondary N) is 2. The van der Waals surface area contributed by atoms with Gasteiger partial charge in [0.2, 0.25) is 0 Å². The van der Waals surface area contributed by atoms with Crippen LogP contribution < -0.4 is 16.0 Å². The van der Waals surface area contributed by atoms with Crippen LogP contribution in [0.25, 0.3) is 12.2 Å². The van der Waals surface area contributed by atoms with E-state index in [0.29, 0.717) is 11.7 Å². The largest absolute Gasteiger partial charge is 0.372 e. The molecule has 4 aliphatic heterocycles. The van der Waals surface area contributed by atoms with Crippen molar-refractivity contribution in [2.45, 2.75) is 51.1 Å². The highest BCUT2D eigenvalue weighted by Gasteiger charge is 2.56. The highest BCUT2D eigenvalue weighted by atomic mass is 16.1. The average Bonchev–Trinajstić information content (AvgIpc) is 3.17. The predicted molar refractivity (Wildman–Crippen MR) is 149 cm³/mol. The first-order valence-electron chi connectivity index (χ1n) is 13.3. The van der Waals surface area contributed by atoms with Crippen LogP contribution in [-0.4, -0.2) is 37.7 Å². The fraction of sp³-hybridized carbons (Fsp3) is 0.323. The van der Waals surface area contributed by atoms with Crippen molar-refractivity contribution in [3.8, 4) is 0 Å². The van der Waals surface area contributed by atoms with Gasteiger partial charge in [0, 0.05) is 34.4 Å². The summed E-state index contributed by atoms with van der Waals surface area (Å²) in [7, 11) is 0. The monoisotopic (exact) mass is 502 g/mol. The van der Waals surface area contributed by atoms with E-state index in [2.05, 4.69) is 32.4 Å². The molecule has 0 aromatic carbocycles. The van der Waals surface area contributed by atoms with Crippen LogP contribution in [0.5, 0.6) is 0 Å². The van der Waals surface area contributed by atoms with Gasteiger partial charge in [0.25, 0.3) is 0 Å². The molecule has 7 rings (SSSR count). The van der Waals surface area contributed by atoms with E-state index in [-0.39, 0.29) is 5.78 Å². The first-order valence-corrected chi connectivity index (χ1v) is 13.3. The Hall–Kier alpha value is -4.13. The molecule has 0 spiro atoms. The molecule has 190 valence electrons. The number of aromatic amines is 1. The number of carbonyl (C=O) groups excluding carboxylic acids is 1. The molecule has 8 bridgehead atoms. The van der Waals surface area contributed by atoms with Crippen LogP contribution >= 0.6 is 0 Å². The number of hydrogen-bond donors (Lipinski definition) is 2. The molecule has 6 heterocycles. The Kier molecular flexibility index (Phi) is 4.81. The first kappa shape index (κ1) is 23.0. The Bertz CT molecular complexity index is 1680. The maximum absolute atomic E-state index is 14.3. The predicted octanol–water partition coefficient (Wildman–Crippen LogP) is 3.11. The molecule has 0 amide bonds. The average molecular weight is 503 g/mol. The summed E-state index contributed by atoms with van der Waals surface area (Å²) in [6, 6.07) is 4.08. The van der Waals surface area contributed by atoms with Crippen molar-refractivity contribution in [3.63, 3.8) is 0 Å². The minimum absolute atomic E-state index is 0.169. The van der Waals surface area contributed by atoms with Crippen LogP contribution in [0.3, 0.4) is 0 Å². The molecule has 7 nitrogen and oxygen atoms in total. The fourth-order valence-corrected chi connectivity index (χ4v) is 5.88. The molecule has 1 saturated carbocycles. The number of hydrogen-bond acceptors (Lipinski definition) is 6. The second-order valence-electron chi connectivity index (χ2n) is 11.6. The number of aromatic nitrogens is 3. The van der Waals surface area contributed by atoms with Crippen LogP contribution in [0.2, 0.25) is 0 Å². The van der Waals surface area contributed by atoms with E-state index < -0.39 is 16.5 Å². The second-order valence-corrected chi connectivity index (χ2v) is 11.6. The van der Waals surface area contributed by atoms with E-state index in [1.165, 1.54) is 0 Å². The molecule has 5 aliphatic rings. The molecule has 2 N–H and O–H groups in total. The number of aliphatic imine (C=N–C) groups is 2. The van der Waals surface area contributed by atoms with E-state index >= 15 is 0 Å². The zero-order valence-electron chi connectivity index (χ0n) is 21.8. The first-order chi connectivity index (χ1) is 18.2. The summed E-state index contributed by atoms with van der Waals surface area (Å²) >= 11 is 0. The van der Waals surface area contributed by atoms with Crippen molar-refractivity contribution in [2.75, 3.05) is 0 Å². The topological polar surface area (TPSA) is 95.4 Å². The fourth-order valence-electron chi connectivity index (χ4n) is 5.88. The summed E-state index contributed by atoms with van der Waals surface area (Å²) in [4.78, 5) is 36.7. The number of rotatable bonds is 3. The summed E-state index contributed by atoms with van der Waals surface area (Å²) in [6.07, 6.45) is 23.0. The molecule has 2 fully saturated rings. The quantitative estimate of drug-likeness (QED) is 0.674. The number of fused-ring (bicyclic) bond motifs is 6. The van der Waals surface area contributed by atoms with Crippen molar-refractivity contribution in [3.05, 3.63) is 94.5 Å². The normalized spacial score (nSPS) is 28.7. The van der Waals surface area contributed by atoms with E-state index in [0.717, 1.165) is 58.3 Å². The molecule has 38 heavy (non-hydrogen) atoms. The second kappa shape index (κ2) is 7.93. The molecule has 1 saturated heterocycles. The van der Waals surface area contributed by atoms with Gasteiger partial charge in [-0.2, -0.15) is 0 Å². The van der Waals surface area contributed by atoms with Crippen molar-refractivity contribution in [1.82, 2.24) is 20.3 Å². The molecule has 0 radical (unpaired) electrons. The van der Waals surface area contributed by atoms with Gasteiger partial charge in [0.05, 0.1) is 22.5 Å². The Morgan fingerprint density at radius 1 is 0.974 bits per heavy atom. The third kappa shape index (κ3) is 3.76. The van der Waals surface area contributed by atoms with Gasteiger partial charge in [-0.25, -0.2) is 15.0 Å². The van der Waals surface area contributed by atoms with Crippen LogP contribution in [0, 0.1) is 18.3 Å². The van der Waals surface area contributed by atoms with E-state index in [9.17, 15) is 4.79 Å². The van der Waals surface area contributed by atoms with E-state index in [4.69, 9.17) is 9.98 Å². The Labute approximate surface area is 221 Å². The standard InChI is InChI=1S/C31H30N6O/c1-19-32-17-21(18-33-19)30-11-10-25(36-30)13-24-7-6-22(34-24)12-23-8-9-26(35-23)15-31(14-20-4-5-20)28(38)29(2,3)27(16-30)37-31/h6-13,15-18,20,34,37H,4-5,14H2,1-3H3. The number of nitrogens with zero attached hydrogens (tertiary/aromatic N) is 4. The van der Waals surface area contributed by atoms with E-state index in [1.807, 2.05) is 81.8 Å². The minimum atomic E-state index is -0.834. The van der Waals surface area contributed by atoms with Gasteiger partial charge < -0.3 is 10.3 Å². The molecular weight excluding hydrogens is 472 g/mol. The highest BCUT2D eigenvalue weighted by molar-refractivity contribution is 6.20. The van der Waals surface area contributed by atoms with Gasteiger partial charge in [-0.3, -0.25) is 9.79 Å². The summed E-state index contributed by atoms with van der Waals surface area (Å²) in [5.74, 6) is 1.41. The van der Waals surface area contributed by atoms with Gasteiger partial charge >= 0.3 is 0 Å². The van der Waals surface area contributed by atoms with Crippen LogP contribution in [0.1, 0.15) is 44.5 Å². The van der Waals surface area contributed by atoms with Crippen molar-refractivity contribution in [2.24, 2.45) is 21.3 Å². The van der Waals surface area contributed by atoms with Crippen molar-refractivity contribution < 1.29 is 4.79 Å². The van der Waals surface area contributed by atoms with E-state index in [1.54, 1.807) is 0 Å². The van der Waals surface area contributed by atoms with Gasteiger partial charge in [-0.05, 0) is 93.9 Å². The molecule has 2 aromatic heterocycles. The van der Waals surface area contributed by atoms with Crippen molar-refractivity contribution >= 4 is 29.4 Å². The van der Waals surface area contributed by atoms with Crippen LogP contribution in [0.4, 0.5) is 0 Å². The lowest BCUT2D eigenvalue weighted by Crippen LogP contribution is -2.45. The summed E-state index contributed by atoms with van der Waals surface area (Å²) in [6.45, 7) is 5.89. The van der Waals surface area contributed by atoms with Gasteiger partial charge in [0.1, 0.15) is 16.9 Å². The summed E-state index contributed by atoms with van der Waals surface area (Å²) in [5.41, 5.74) is 1.82. The Morgan fingerprint density at radius 2 is 1.71 bits per heavy atom. The zero-order chi connectivity index (χ0) is 26.1. The molecule has 7 heteroatoms. The maximum atomic E-state index is 14.3. The summed E-state index contributed by atoms with van der Waals surface area (Å²) < 4.78 is 0. The molecular formula is C31H30N6O. The highest BCUT2D eigenvalue weighted by Crippen LogP contribution is 2.48. The van der Waals surface area contributed by atoms with Crippen LogP contribution in [-0.2, 0) is 10.3 Å². The molecule has 2 atom stereocenters. The lowest BCUT2D eigenvalue weighted by molar-refractivity contribution is -0.127. The van der Waals surface area contributed by atoms with Gasteiger partial charge in [-0.1, -0.05) is 12.8 Å².